The third-order valence-corrected chi connectivity index (χ3v) is 7.62. The fourth-order valence-electron chi connectivity index (χ4n) is 3.97. The minimum absolute atomic E-state index is 0.0655. The molecular formula is C22H44O2S. The number of hydrogen-bond donors (Lipinski definition) is 1. The van der Waals surface area contributed by atoms with Crippen molar-refractivity contribution in [3.8, 4) is 0 Å². The van der Waals surface area contributed by atoms with Gasteiger partial charge in [-0.1, -0.05) is 103 Å². The lowest BCUT2D eigenvalue weighted by atomic mass is 9.97. The highest BCUT2D eigenvalue weighted by molar-refractivity contribution is 7.85. The highest BCUT2D eigenvalue weighted by Gasteiger charge is 2.27. The lowest BCUT2D eigenvalue weighted by molar-refractivity contribution is 0.135. The molecule has 2 nitrogen and oxygen atoms in total. The Kier molecular flexibility index (Phi) is 15.1. The first-order chi connectivity index (χ1) is 12.3. The fourth-order valence-corrected chi connectivity index (χ4v) is 5.68. The number of rotatable bonds is 16. The van der Waals surface area contributed by atoms with Gasteiger partial charge in [-0.2, -0.15) is 0 Å². The van der Waals surface area contributed by atoms with Crippen LogP contribution in [-0.4, -0.2) is 26.4 Å². The van der Waals surface area contributed by atoms with Gasteiger partial charge in [0.05, 0.1) is 11.4 Å². The van der Waals surface area contributed by atoms with E-state index in [4.69, 9.17) is 0 Å². The molecule has 0 heterocycles. The Hall–Kier alpha value is 0.110. The predicted octanol–water partition coefficient (Wildman–Crippen LogP) is 6.52. The minimum atomic E-state index is -0.803. The molecule has 0 bridgehead atoms. The van der Waals surface area contributed by atoms with Gasteiger partial charge >= 0.3 is 0 Å². The second-order valence-electron chi connectivity index (χ2n) is 8.07. The van der Waals surface area contributed by atoms with Gasteiger partial charge in [0.1, 0.15) is 0 Å². The lowest BCUT2D eigenvalue weighted by Gasteiger charge is -2.26. The van der Waals surface area contributed by atoms with E-state index in [9.17, 15) is 9.32 Å². The van der Waals surface area contributed by atoms with Crippen LogP contribution in [0.4, 0.5) is 0 Å². The maximum absolute atomic E-state index is 12.3. The summed E-state index contributed by atoms with van der Waals surface area (Å²) in [6, 6.07) is 0. The van der Waals surface area contributed by atoms with Crippen LogP contribution in [-0.2, 0) is 10.8 Å². The summed E-state index contributed by atoms with van der Waals surface area (Å²) >= 11 is 0. The molecule has 150 valence electrons. The van der Waals surface area contributed by atoms with E-state index in [1.165, 1.54) is 83.5 Å². The number of aliphatic hydroxyl groups is 1. The smallest absolute Gasteiger partial charge is 0.0683 e. The van der Waals surface area contributed by atoms with Crippen molar-refractivity contribution in [2.24, 2.45) is 0 Å². The summed E-state index contributed by atoms with van der Waals surface area (Å²) in [5.74, 6) is 0.805. The molecule has 1 saturated carbocycles. The van der Waals surface area contributed by atoms with E-state index in [-0.39, 0.29) is 11.4 Å². The predicted molar refractivity (Wildman–Crippen MR) is 112 cm³/mol. The van der Waals surface area contributed by atoms with Gasteiger partial charge in [-0.15, -0.1) is 0 Å². The van der Waals surface area contributed by atoms with Gasteiger partial charge < -0.3 is 5.11 Å². The van der Waals surface area contributed by atoms with Crippen LogP contribution >= 0.6 is 0 Å². The normalized spacial score (nSPS) is 22.2. The van der Waals surface area contributed by atoms with Crippen LogP contribution < -0.4 is 0 Å². The van der Waals surface area contributed by atoms with Gasteiger partial charge in [-0.3, -0.25) is 4.21 Å². The molecule has 1 aliphatic carbocycles. The van der Waals surface area contributed by atoms with Crippen LogP contribution in [0.25, 0.3) is 0 Å². The highest BCUT2D eigenvalue weighted by atomic mass is 32.2. The molecule has 1 fully saturated rings. The molecule has 1 aliphatic rings. The third-order valence-electron chi connectivity index (χ3n) is 5.70. The van der Waals surface area contributed by atoms with Crippen molar-refractivity contribution in [2.45, 2.75) is 134 Å². The topological polar surface area (TPSA) is 37.3 Å². The molecule has 25 heavy (non-hydrogen) atoms. The summed E-state index contributed by atoms with van der Waals surface area (Å²) in [7, 11) is -0.803. The quantitative estimate of drug-likeness (QED) is 0.313. The molecule has 1 unspecified atom stereocenters. The van der Waals surface area contributed by atoms with Crippen LogP contribution in [0.5, 0.6) is 0 Å². The van der Waals surface area contributed by atoms with Crippen molar-refractivity contribution < 1.29 is 9.32 Å². The van der Waals surface area contributed by atoms with Gasteiger partial charge in [0.25, 0.3) is 0 Å². The molecule has 3 heteroatoms. The first kappa shape index (κ1) is 23.1. The van der Waals surface area contributed by atoms with Gasteiger partial charge in [0.15, 0.2) is 0 Å². The lowest BCUT2D eigenvalue weighted by Crippen LogP contribution is -2.34. The Morgan fingerprint density at radius 1 is 0.720 bits per heavy atom. The fraction of sp³-hybridized carbons (Fsp3) is 1.00. The van der Waals surface area contributed by atoms with E-state index in [1.54, 1.807) is 0 Å². The van der Waals surface area contributed by atoms with Crippen LogP contribution in [0.1, 0.15) is 122 Å². The Morgan fingerprint density at radius 2 is 1.16 bits per heavy atom. The van der Waals surface area contributed by atoms with Gasteiger partial charge in [-0.05, 0) is 19.3 Å². The molecule has 0 saturated heterocycles. The zero-order valence-electron chi connectivity index (χ0n) is 16.9. The number of hydrogen-bond acceptors (Lipinski definition) is 2. The molecule has 3 atom stereocenters. The average Bonchev–Trinajstić information content (AvgIpc) is 2.62. The van der Waals surface area contributed by atoms with Crippen LogP contribution in [0, 0.1) is 0 Å². The SMILES string of the molecule is CCCCCCCCCCCCCCCCS(=O)[C@H]1CCCC[C@@H]1O. The van der Waals surface area contributed by atoms with Gasteiger partial charge in [-0.25, -0.2) is 0 Å². The third kappa shape index (κ3) is 12.2. The number of aliphatic hydroxyl groups excluding tert-OH is 1. The second-order valence-corrected chi connectivity index (χ2v) is 9.85. The Labute approximate surface area is 160 Å². The van der Waals surface area contributed by atoms with E-state index < -0.39 is 10.8 Å². The Morgan fingerprint density at radius 3 is 1.64 bits per heavy atom. The van der Waals surface area contributed by atoms with Crippen molar-refractivity contribution in [3.63, 3.8) is 0 Å². The summed E-state index contributed by atoms with van der Waals surface area (Å²) in [4.78, 5) is 0. The molecule has 0 aromatic carbocycles. The zero-order valence-corrected chi connectivity index (χ0v) is 17.7. The van der Waals surface area contributed by atoms with E-state index in [2.05, 4.69) is 6.92 Å². The van der Waals surface area contributed by atoms with E-state index in [0.29, 0.717) is 0 Å². The van der Waals surface area contributed by atoms with Crippen molar-refractivity contribution >= 4 is 10.8 Å². The molecule has 0 aromatic rings. The molecule has 0 radical (unpaired) electrons. The second kappa shape index (κ2) is 16.3. The molecule has 1 rings (SSSR count). The molecule has 0 spiro atoms. The van der Waals surface area contributed by atoms with E-state index in [0.717, 1.165) is 37.9 Å². The van der Waals surface area contributed by atoms with Crippen LogP contribution in [0.15, 0.2) is 0 Å². The standard InChI is InChI=1S/C22H44O2S/c1-2-3-4-5-6-7-8-9-10-11-12-13-14-17-20-25(24)22-19-16-15-18-21(22)23/h21-23H,2-20H2,1H3/t21-,22-,25?/m0/s1. The van der Waals surface area contributed by atoms with Crippen molar-refractivity contribution in [3.05, 3.63) is 0 Å². The monoisotopic (exact) mass is 372 g/mol. The summed E-state index contributed by atoms with van der Waals surface area (Å²) in [5.41, 5.74) is 0. The van der Waals surface area contributed by atoms with E-state index >= 15 is 0 Å². The summed E-state index contributed by atoms with van der Waals surface area (Å²) < 4.78 is 12.3. The Bertz CT molecular complexity index is 319. The largest absolute Gasteiger partial charge is 0.392 e. The van der Waals surface area contributed by atoms with Crippen molar-refractivity contribution in [1.29, 1.82) is 0 Å². The van der Waals surface area contributed by atoms with Crippen LogP contribution in [0.3, 0.4) is 0 Å². The van der Waals surface area contributed by atoms with Gasteiger partial charge in [0, 0.05) is 16.6 Å². The van der Waals surface area contributed by atoms with Crippen molar-refractivity contribution in [1.82, 2.24) is 0 Å². The van der Waals surface area contributed by atoms with Crippen molar-refractivity contribution in [2.75, 3.05) is 5.75 Å². The highest BCUT2D eigenvalue weighted by Crippen LogP contribution is 2.23. The van der Waals surface area contributed by atoms with E-state index in [1.807, 2.05) is 0 Å². The minimum Gasteiger partial charge on any atom is -0.392 e. The summed E-state index contributed by atoms with van der Waals surface area (Å²) in [5, 5.41) is 10.0. The zero-order chi connectivity index (χ0) is 18.2. The molecule has 1 N–H and O–H groups in total. The first-order valence-electron chi connectivity index (χ1n) is 11.3. The van der Waals surface area contributed by atoms with Crippen LogP contribution in [0.2, 0.25) is 0 Å². The molecule has 0 aromatic heterocycles. The molecular weight excluding hydrogens is 328 g/mol. The molecule has 0 aliphatic heterocycles. The average molecular weight is 373 g/mol. The maximum atomic E-state index is 12.3. The van der Waals surface area contributed by atoms with Gasteiger partial charge in [0.2, 0.25) is 0 Å². The summed E-state index contributed by atoms with van der Waals surface area (Å²) in [6.07, 6.45) is 22.8. The Balaban J connectivity index is 1.80. The molecule has 0 amide bonds. The number of unbranched alkanes of at least 4 members (excludes halogenated alkanes) is 13. The maximum Gasteiger partial charge on any atom is 0.0683 e. The summed E-state index contributed by atoms with van der Waals surface area (Å²) in [6.45, 7) is 2.28. The first-order valence-corrected chi connectivity index (χ1v) is 12.7.